The van der Waals surface area contributed by atoms with Crippen molar-refractivity contribution in [1.29, 1.82) is 0 Å². The number of hydrogen-bond donors (Lipinski definition) is 2. The highest BCUT2D eigenvalue weighted by atomic mass is 35.5. The monoisotopic (exact) mass is 208 g/mol. The van der Waals surface area contributed by atoms with Gasteiger partial charge in [-0.3, -0.25) is 0 Å². The topological polar surface area (TPSA) is 24.1 Å². The number of anilines is 2. The lowest BCUT2D eigenvalue weighted by Gasteiger charge is -2.29. The predicted octanol–water partition coefficient (Wildman–Crippen LogP) is 2.96. The minimum absolute atomic E-state index is 0.572. The van der Waals surface area contributed by atoms with E-state index in [0.717, 1.165) is 28.9 Å². The minimum Gasteiger partial charge on any atom is -0.381 e. The average molecular weight is 209 g/mol. The second kappa shape index (κ2) is 3.06. The van der Waals surface area contributed by atoms with Gasteiger partial charge in [-0.15, -0.1) is 0 Å². The SMILES string of the molecule is Clc1cccc2c1NC(C1CC1)CN2. The molecule has 2 nitrogen and oxygen atoms in total. The van der Waals surface area contributed by atoms with Crippen LogP contribution >= 0.6 is 11.6 Å². The molecule has 0 amide bonds. The molecule has 1 heterocycles. The summed E-state index contributed by atoms with van der Waals surface area (Å²) in [5.74, 6) is 0.854. The van der Waals surface area contributed by atoms with E-state index in [9.17, 15) is 0 Å². The zero-order valence-corrected chi connectivity index (χ0v) is 8.64. The summed E-state index contributed by atoms with van der Waals surface area (Å²) < 4.78 is 0. The Morgan fingerprint density at radius 2 is 2.14 bits per heavy atom. The molecule has 1 saturated carbocycles. The molecule has 1 aliphatic heterocycles. The van der Waals surface area contributed by atoms with E-state index in [1.165, 1.54) is 12.8 Å². The fourth-order valence-corrected chi connectivity index (χ4v) is 2.29. The Balaban J connectivity index is 1.91. The van der Waals surface area contributed by atoms with Gasteiger partial charge in [-0.05, 0) is 30.9 Å². The number of nitrogens with one attached hydrogen (secondary N) is 2. The molecule has 2 N–H and O–H groups in total. The maximum absolute atomic E-state index is 6.13. The van der Waals surface area contributed by atoms with Crippen molar-refractivity contribution >= 4 is 23.0 Å². The highest BCUT2D eigenvalue weighted by Crippen LogP contribution is 2.40. The summed E-state index contributed by atoms with van der Waals surface area (Å²) in [6.45, 7) is 1.03. The van der Waals surface area contributed by atoms with Gasteiger partial charge in [0.1, 0.15) is 0 Å². The molecule has 0 aromatic heterocycles. The van der Waals surface area contributed by atoms with Crippen molar-refractivity contribution < 1.29 is 0 Å². The molecular formula is C11H13ClN2. The molecule has 1 atom stereocenters. The van der Waals surface area contributed by atoms with E-state index < -0.39 is 0 Å². The Kier molecular flexibility index (Phi) is 1.84. The van der Waals surface area contributed by atoms with Crippen LogP contribution in [0.1, 0.15) is 12.8 Å². The quantitative estimate of drug-likeness (QED) is 0.742. The van der Waals surface area contributed by atoms with Crippen LogP contribution in [0.2, 0.25) is 5.02 Å². The van der Waals surface area contributed by atoms with Gasteiger partial charge in [-0.25, -0.2) is 0 Å². The summed E-state index contributed by atoms with van der Waals surface area (Å²) >= 11 is 6.13. The average Bonchev–Trinajstić information content (AvgIpc) is 3.01. The molecule has 1 aromatic carbocycles. The Hall–Kier alpha value is -0.890. The van der Waals surface area contributed by atoms with Gasteiger partial charge in [0.05, 0.1) is 16.4 Å². The van der Waals surface area contributed by atoms with Crippen LogP contribution < -0.4 is 10.6 Å². The third-order valence-corrected chi connectivity index (χ3v) is 3.36. The maximum atomic E-state index is 6.13. The molecule has 1 fully saturated rings. The van der Waals surface area contributed by atoms with Crippen molar-refractivity contribution in [2.45, 2.75) is 18.9 Å². The third-order valence-electron chi connectivity index (χ3n) is 3.05. The van der Waals surface area contributed by atoms with E-state index >= 15 is 0 Å². The minimum atomic E-state index is 0.572. The van der Waals surface area contributed by atoms with E-state index in [1.807, 2.05) is 12.1 Å². The van der Waals surface area contributed by atoms with Gasteiger partial charge in [0.2, 0.25) is 0 Å². The second-order valence-electron chi connectivity index (χ2n) is 4.13. The van der Waals surface area contributed by atoms with Crippen LogP contribution in [0.5, 0.6) is 0 Å². The Morgan fingerprint density at radius 3 is 2.93 bits per heavy atom. The largest absolute Gasteiger partial charge is 0.381 e. The molecule has 0 spiro atoms. The standard InChI is InChI=1S/C11H13ClN2/c12-8-2-1-3-9-11(8)14-10(6-13-9)7-4-5-7/h1-3,7,10,13-14H,4-6H2. The van der Waals surface area contributed by atoms with Crippen molar-refractivity contribution in [3.05, 3.63) is 23.2 Å². The lowest BCUT2D eigenvalue weighted by atomic mass is 10.1. The van der Waals surface area contributed by atoms with Gasteiger partial charge in [-0.2, -0.15) is 0 Å². The molecule has 0 saturated heterocycles. The van der Waals surface area contributed by atoms with Crippen LogP contribution in [0.15, 0.2) is 18.2 Å². The summed E-state index contributed by atoms with van der Waals surface area (Å²) in [6, 6.07) is 6.55. The zero-order chi connectivity index (χ0) is 9.54. The summed E-state index contributed by atoms with van der Waals surface area (Å²) in [5, 5.41) is 7.78. The van der Waals surface area contributed by atoms with Crippen molar-refractivity contribution in [2.24, 2.45) is 5.92 Å². The first-order chi connectivity index (χ1) is 6.84. The van der Waals surface area contributed by atoms with Crippen LogP contribution in [0.3, 0.4) is 0 Å². The van der Waals surface area contributed by atoms with Crippen molar-refractivity contribution in [2.75, 3.05) is 17.2 Å². The maximum Gasteiger partial charge on any atom is 0.0768 e. The van der Waals surface area contributed by atoms with Crippen LogP contribution in [0.4, 0.5) is 11.4 Å². The van der Waals surface area contributed by atoms with E-state index in [4.69, 9.17) is 11.6 Å². The molecular weight excluding hydrogens is 196 g/mol. The number of rotatable bonds is 1. The van der Waals surface area contributed by atoms with Gasteiger partial charge in [0.15, 0.2) is 0 Å². The van der Waals surface area contributed by atoms with E-state index in [2.05, 4.69) is 16.7 Å². The summed E-state index contributed by atoms with van der Waals surface area (Å²) in [5.41, 5.74) is 2.21. The summed E-state index contributed by atoms with van der Waals surface area (Å²) in [6.07, 6.45) is 2.72. The molecule has 1 aromatic rings. The summed E-state index contributed by atoms with van der Waals surface area (Å²) in [4.78, 5) is 0. The Bertz CT molecular complexity index is 360. The second-order valence-corrected chi connectivity index (χ2v) is 4.54. The third kappa shape index (κ3) is 1.34. The molecule has 1 aliphatic carbocycles. The number of hydrogen-bond acceptors (Lipinski definition) is 2. The van der Waals surface area contributed by atoms with Crippen LogP contribution in [-0.4, -0.2) is 12.6 Å². The number of para-hydroxylation sites is 1. The number of benzene rings is 1. The first kappa shape index (κ1) is 8.42. The fraction of sp³-hybridized carbons (Fsp3) is 0.455. The lowest BCUT2D eigenvalue weighted by Crippen LogP contribution is -2.34. The fourth-order valence-electron chi connectivity index (χ4n) is 2.06. The smallest absolute Gasteiger partial charge is 0.0768 e. The summed E-state index contributed by atoms with van der Waals surface area (Å²) in [7, 11) is 0. The molecule has 1 unspecified atom stereocenters. The highest BCUT2D eigenvalue weighted by Gasteiger charge is 2.33. The van der Waals surface area contributed by atoms with Gasteiger partial charge < -0.3 is 10.6 Å². The number of fused-ring (bicyclic) bond motifs is 1. The molecule has 3 heteroatoms. The van der Waals surface area contributed by atoms with Gasteiger partial charge in [0.25, 0.3) is 0 Å². The predicted molar refractivity (Wildman–Crippen MR) is 60.1 cm³/mol. The molecule has 74 valence electrons. The highest BCUT2D eigenvalue weighted by molar-refractivity contribution is 6.34. The van der Waals surface area contributed by atoms with E-state index in [0.29, 0.717) is 6.04 Å². The van der Waals surface area contributed by atoms with Crippen LogP contribution in [0, 0.1) is 5.92 Å². The van der Waals surface area contributed by atoms with Crippen molar-refractivity contribution in [3.63, 3.8) is 0 Å². The van der Waals surface area contributed by atoms with Gasteiger partial charge >= 0.3 is 0 Å². The Morgan fingerprint density at radius 1 is 1.29 bits per heavy atom. The molecule has 2 aliphatic rings. The van der Waals surface area contributed by atoms with Gasteiger partial charge in [-0.1, -0.05) is 17.7 Å². The van der Waals surface area contributed by atoms with Gasteiger partial charge in [0, 0.05) is 12.6 Å². The molecule has 14 heavy (non-hydrogen) atoms. The first-order valence-corrected chi connectivity index (χ1v) is 5.51. The van der Waals surface area contributed by atoms with Crippen molar-refractivity contribution in [1.82, 2.24) is 0 Å². The normalized spacial score (nSPS) is 24.8. The Labute approximate surface area is 88.6 Å². The molecule has 0 radical (unpaired) electrons. The van der Waals surface area contributed by atoms with Crippen LogP contribution in [-0.2, 0) is 0 Å². The first-order valence-electron chi connectivity index (χ1n) is 5.13. The van der Waals surface area contributed by atoms with E-state index in [-0.39, 0.29) is 0 Å². The zero-order valence-electron chi connectivity index (χ0n) is 7.89. The van der Waals surface area contributed by atoms with Crippen LogP contribution in [0.25, 0.3) is 0 Å². The van der Waals surface area contributed by atoms with E-state index in [1.54, 1.807) is 0 Å². The molecule has 0 bridgehead atoms. The molecule has 3 rings (SSSR count). The van der Waals surface area contributed by atoms with Crippen molar-refractivity contribution in [3.8, 4) is 0 Å². The number of halogens is 1. The lowest BCUT2D eigenvalue weighted by molar-refractivity contribution is 0.653.